The maximum absolute atomic E-state index is 10.7. The summed E-state index contributed by atoms with van der Waals surface area (Å²) in [4.78, 5) is 10.7. The maximum Gasteiger partial charge on any atom is 0.303 e. The van der Waals surface area contributed by atoms with Crippen molar-refractivity contribution in [1.82, 2.24) is 0 Å². The van der Waals surface area contributed by atoms with E-state index in [4.69, 9.17) is 9.84 Å². The second-order valence-electron chi connectivity index (χ2n) is 3.92. The molecule has 0 aromatic heterocycles. The zero-order valence-electron chi connectivity index (χ0n) is 9.99. The summed E-state index contributed by atoms with van der Waals surface area (Å²) in [6, 6.07) is 5.83. The Morgan fingerprint density at radius 2 is 2.19 bits per heavy atom. The van der Waals surface area contributed by atoms with Crippen molar-refractivity contribution in [3.8, 4) is 5.75 Å². The number of aryl methyl sites for hydroxylation is 1. The third-order valence-corrected chi connectivity index (χ3v) is 2.74. The molecule has 3 heteroatoms. The molecule has 0 bridgehead atoms. The number of rotatable bonds is 5. The molecule has 16 heavy (non-hydrogen) atoms. The van der Waals surface area contributed by atoms with Crippen LogP contribution in [-0.2, 0) is 11.2 Å². The minimum Gasteiger partial charge on any atom is -0.497 e. The summed E-state index contributed by atoms with van der Waals surface area (Å²) in [6.45, 7) is 4.00. The van der Waals surface area contributed by atoms with Crippen LogP contribution in [0.3, 0.4) is 0 Å². The fourth-order valence-corrected chi connectivity index (χ4v) is 1.87. The van der Waals surface area contributed by atoms with Crippen molar-refractivity contribution in [2.75, 3.05) is 7.11 Å². The van der Waals surface area contributed by atoms with Crippen LogP contribution in [0, 0.1) is 0 Å². The molecule has 0 radical (unpaired) electrons. The third kappa shape index (κ3) is 2.99. The van der Waals surface area contributed by atoms with Crippen LogP contribution in [0.25, 0.3) is 0 Å². The van der Waals surface area contributed by atoms with Gasteiger partial charge in [0.25, 0.3) is 0 Å². The van der Waals surface area contributed by atoms with E-state index in [1.807, 2.05) is 25.1 Å². The van der Waals surface area contributed by atoms with Gasteiger partial charge in [0.05, 0.1) is 13.5 Å². The summed E-state index contributed by atoms with van der Waals surface area (Å²) in [5, 5.41) is 8.78. The first-order valence-corrected chi connectivity index (χ1v) is 5.47. The van der Waals surface area contributed by atoms with Gasteiger partial charge in [0.2, 0.25) is 0 Å². The first-order chi connectivity index (χ1) is 7.58. The SMILES string of the molecule is CCc1cc(OC)ccc1C(C)CC(=O)O. The van der Waals surface area contributed by atoms with E-state index in [-0.39, 0.29) is 12.3 Å². The zero-order chi connectivity index (χ0) is 12.1. The summed E-state index contributed by atoms with van der Waals surface area (Å²) in [7, 11) is 1.63. The van der Waals surface area contributed by atoms with E-state index in [1.54, 1.807) is 7.11 Å². The number of carboxylic acid groups (broad SMARTS) is 1. The van der Waals surface area contributed by atoms with E-state index in [0.717, 1.165) is 23.3 Å². The van der Waals surface area contributed by atoms with Gasteiger partial charge in [0, 0.05) is 0 Å². The number of aliphatic carboxylic acids is 1. The molecule has 0 saturated heterocycles. The van der Waals surface area contributed by atoms with Gasteiger partial charge in [-0.2, -0.15) is 0 Å². The molecule has 0 aliphatic carbocycles. The van der Waals surface area contributed by atoms with Crippen LogP contribution < -0.4 is 4.74 Å². The van der Waals surface area contributed by atoms with Crippen LogP contribution in [0.4, 0.5) is 0 Å². The van der Waals surface area contributed by atoms with Gasteiger partial charge in [0.15, 0.2) is 0 Å². The first-order valence-electron chi connectivity index (χ1n) is 5.47. The largest absolute Gasteiger partial charge is 0.497 e. The molecule has 0 aliphatic heterocycles. The van der Waals surface area contributed by atoms with Crippen molar-refractivity contribution in [2.24, 2.45) is 0 Å². The highest BCUT2D eigenvalue weighted by molar-refractivity contribution is 5.68. The molecular formula is C13H18O3. The molecule has 3 nitrogen and oxygen atoms in total. The molecule has 88 valence electrons. The lowest BCUT2D eigenvalue weighted by Crippen LogP contribution is -2.05. The van der Waals surface area contributed by atoms with Crippen molar-refractivity contribution in [3.05, 3.63) is 29.3 Å². The predicted octanol–water partition coefficient (Wildman–Crippen LogP) is 2.84. The average Bonchev–Trinajstić information content (AvgIpc) is 2.27. The van der Waals surface area contributed by atoms with Crippen molar-refractivity contribution in [1.29, 1.82) is 0 Å². The summed E-state index contributed by atoms with van der Waals surface area (Å²) < 4.78 is 5.16. The Hall–Kier alpha value is -1.51. The quantitative estimate of drug-likeness (QED) is 0.833. The highest BCUT2D eigenvalue weighted by Gasteiger charge is 2.13. The molecule has 0 aliphatic rings. The number of ether oxygens (including phenoxy) is 1. The normalized spacial score (nSPS) is 12.2. The van der Waals surface area contributed by atoms with E-state index >= 15 is 0 Å². The molecule has 1 unspecified atom stereocenters. The molecule has 1 rings (SSSR count). The van der Waals surface area contributed by atoms with Gasteiger partial charge in [-0.1, -0.05) is 19.9 Å². The average molecular weight is 222 g/mol. The van der Waals surface area contributed by atoms with Gasteiger partial charge in [-0.3, -0.25) is 4.79 Å². The van der Waals surface area contributed by atoms with Crippen LogP contribution in [-0.4, -0.2) is 18.2 Å². The van der Waals surface area contributed by atoms with Crippen molar-refractivity contribution in [3.63, 3.8) is 0 Å². The summed E-state index contributed by atoms with van der Waals surface area (Å²) in [6.07, 6.45) is 1.05. The Bertz CT molecular complexity index is 371. The Kier molecular flexibility index (Phi) is 4.35. The van der Waals surface area contributed by atoms with Gasteiger partial charge >= 0.3 is 5.97 Å². The Morgan fingerprint density at radius 1 is 1.50 bits per heavy atom. The third-order valence-electron chi connectivity index (χ3n) is 2.74. The molecular weight excluding hydrogens is 204 g/mol. The van der Waals surface area contributed by atoms with Gasteiger partial charge < -0.3 is 9.84 Å². The van der Waals surface area contributed by atoms with E-state index < -0.39 is 5.97 Å². The molecule has 1 atom stereocenters. The maximum atomic E-state index is 10.7. The number of benzene rings is 1. The smallest absolute Gasteiger partial charge is 0.303 e. The first kappa shape index (κ1) is 12.6. The Morgan fingerprint density at radius 3 is 2.69 bits per heavy atom. The minimum atomic E-state index is -0.759. The lowest BCUT2D eigenvalue weighted by molar-refractivity contribution is -0.137. The van der Waals surface area contributed by atoms with Crippen LogP contribution in [0.2, 0.25) is 0 Å². The molecule has 0 heterocycles. The molecule has 0 saturated carbocycles. The number of hydrogen-bond donors (Lipinski definition) is 1. The molecule has 1 aromatic carbocycles. The molecule has 0 spiro atoms. The van der Waals surface area contributed by atoms with Gasteiger partial charge in [0.1, 0.15) is 5.75 Å². The van der Waals surface area contributed by atoms with Crippen LogP contribution in [0.5, 0.6) is 5.75 Å². The second kappa shape index (κ2) is 5.54. The highest BCUT2D eigenvalue weighted by Crippen LogP contribution is 2.26. The number of hydrogen-bond acceptors (Lipinski definition) is 2. The molecule has 1 aromatic rings. The van der Waals surface area contributed by atoms with Crippen molar-refractivity contribution >= 4 is 5.97 Å². The van der Waals surface area contributed by atoms with Gasteiger partial charge in [-0.05, 0) is 35.6 Å². The van der Waals surface area contributed by atoms with E-state index in [9.17, 15) is 4.79 Å². The second-order valence-corrected chi connectivity index (χ2v) is 3.92. The monoisotopic (exact) mass is 222 g/mol. The van der Waals surface area contributed by atoms with Crippen molar-refractivity contribution < 1.29 is 14.6 Å². The fraction of sp³-hybridized carbons (Fsp3) is 0.462. The van der Waals surface area contributed by atoms with E-state index in [1.165, 1.54) is 0 Å². The van der Waals surface area contributed by atoms with Crippen LogP contribution in [0.1, 0.15) is 37.3 Å². The topological polar surface area (TPSA) is 46.5 Å². The Balaban J connectivity index is 2.98. The lowest BCUT2D eigenvalue weighted by atomic mass is 9.92. The fourth-order valence-electron chi connectivity index (χ4n) is 1.87. The molecule has 0 amide bonds. The number of carboxylic acids is 1. The van der Waals surface area contributed by atoms with E-state index in [0.29, 0.717) is 0 Å². The van der Waals surface area contributed by atoms with Crippen LogP contribution in [0.15, 0.2) is 18.2 Å². The summed E-state index contributed by atoms with van der Waals surface area (Å²) in [5.41, 5.74) is 2.26. The van der Waals surface area contributed by atoms with Crippen LogP contribution >= 0.6 is 0 Å². The number of methoxy groups -OCH3 is 1. The highest BCUT2D eigenvalue weighted by atomic mass is 16.5. The predicted molar refractivity (Wildman–Crippen MR) is 63.0 cm³/mol. The molecule has 0 fully saturated rings. The lowest BCUT2D eigenvalue weighted by Gasteiger charge is -2.15. The van der Waals surface area contributed by atoms with Gasteiger partial charge in [-0.15, -0.1) is 0 Å². The van der Waals surface area contributed by atoms with E-state index in [2.05, 4.69) is 6.92 Å². The Labute approximate surface area is 96.1 Å². The van der Waals surface area contributed by atoms with Crippen molar-refractivity contribution in [2.45, 2.75) is 32.6 Å². The zero-order valence-corrected chi connectivity index (χ0v) is 9.99. The summed E-state index contributed by atoms with van der Waals surface area (Å²) >= 11 is 0. The van der Waals surface area contributed by atoms with Gasteiger partial charge in [-0.25, -0.2) is 0 Å². The minimum absolute atomic E-state index is 0.0401. The number of carbonyl (C=O) groups is 1. The summed E-state index contributed by atoms with van der Waals surface area (Å²) in [5.74, 6) is 0.104. The molecule has 1 N–H and O–H groups in total. The standard InChI is InChI=1S/C13H18O3/c1-4-10-8-11(16-3)5-6-12(10)9(2)7-13(14)15/h5-6,8-9H,4,7H2,1-3H3,(H,14,15).